The van der Waals surface area contributed by atoms with Crippen LogP contribution in [0.5, 0.6) is 0 Å². The van der Waals surface area contributed by atoms with Crippen LogP contribution in [0.3, 0.4) is 0 Å². The Labute approximate surface area is 164 Å². The summed E-state index contributed by atoms with van der Waals surface area (Å²) in [6, 6.07) is 7.85. The van der Waals surface area contributed by atoms with Crippen molar-refractivity contribution < 1.29 is 14.0 Å². The molecular weight excluding hydrogens is 389 g/mol. The number of Topliss-reactive ketones (excluding diaryl/α,β-unsaturated/α-hetero) is 1. The Kier molecular flexibility index (Phi) is 5.84. The van der Waals surface area contributed by atoms with E-state index in [0.717, 1.165) is 17.9 Å². The van der Waals surface area contributed by atoms with E-state index in [9.17, 15) is 14.0 Å². The van der Waals surface area contributed by atoms with Crippen molar-refractivity contribution in [3.63, 3.8) is 0 Å². The quantitative estimate of drug-likeness (QED) is 0.364. The molecule has 0 saturated carbocycles. The predicted octanol–water partition coefficient (Wildman–Crippen LogP) is 4.11. The number of halogens is 2. The van der Waals surface area contributed by atoms with E-state index in [-0.39, 0.29) is 22.4 Å². The Balaban J connectivity index is 2.12. The second-order valence-electron chi connectivity index (χ2n) is 6.16. The van der Waals surface area contributed by atoms with Gasteiger partial charge in [0.05, 0.1) is 26.4 Å². The Hall–Kier alpha value is -2.35. The molecule has 1 heterocycles. The molecule has 0 unspecified atom stereocenters. The summed E-state index contributed by atoms with van der Waals surface area (Å²) in [5.41, 5.74) is 1.50. The van der Waals surface area contributed by atoms with Crippen LogP contribution in [0.15, 0.2) is 30.3 Å². The second-order valence-corrected chi connectivity index (χ2v) is 7.57. The molecule has 0 bridgehead atoms. The van der Waals surface area contributed by atoms with Crippen molar-refractivity contribution in [3.05, 3.63) is 46.7 Å². The van der Waals surface area contributed by atoms with Crippen molar-refractivity contribution in [2.45, 2.75) is 0 Å². The average Bonchev–Trinajstić information content (AvgIpc) is 3.04. The van der Waals surface area contributed by atoms with Gasteiger partial charge in [0.2, 0.25) is 5.78 Å². The van der Waals surface area contributed by atoms with E-state index in [0.29, 0.717) is 27.5 Å². The number of benzene rings is 2. The van der Waals surface area contributed by atoms with E-state index in [1.165, 1.54) is 12.1 Å². The Morgan fingerprint density at radius 3 is 2.78 bits per heavy atom. The number of hydrogen-bond acceptors (Lipinski definition) is 6. The van der Waals surface area contributed by atoms with Crippen molar-refractivity contribution >= 4 is 50.9 Å². The van der Waals surface area contributed by atoms with Crippen LogP contribution < -0.4 is 5.32 Å². The molecule has 3 rings (SSSR count). The molecule has 2 aromatic carbocycles. The lowest BCUT2D eigenvalue weighted by Crippen LogP contribution is -2.21. The zero-order valence-corrected chi connectivity index (χ0v) is 16.3. The highest BCUT2D eigenvalue weighted by Gasteiger charge is 2.21. The molecule has 3 aromatic rings. The summed E-state index contributed by atoms with van der Waals surface area (Å²) >= 11 is 7.27. The second kappa shape index (κ2) is 8.12. The Morgan fingerprint density at radius 1 is 1.33 bits per heavy atom. The number of aldehydes is 1. The zero-order chi connectivity index (χ0) is 19.6. The molecule has 0 atom stereocenters. The van der Waals surface area contributed by atoms with Crippen LogP contribution >= 0.6 is 22.9 Å². The molecule has 1 N–H and O–H groups in total. The van der Waals surface area contributed by atoms with Crippen LogP contribution in [-0.4, -0.2) is 49.1 Å². The number of ketones is 1. The van der Waals surface area contributed by atoms with Crippen molar-refractivity contribution in [1.82, 2.24) is 9.88 Å². The van der Waals surface area contributed by atoms with Crippen LogP contribution in [0.4, 0.5) is 10.1 Å². The number of nitrogens with one attached hydrogen (secondary N) is 1. The summed E-state index contributed by atoms with van der Waals surface area (Å²) in [6.45, 7) is 1.36. The van der Waals surface area contributed by atoms with Gasteiger partial charge in [-0.1, -0.05) is 17.7 Å². The summed E-state index contributed by atoms with van der Waals surface area (Å²) < 4.78 is 14.8. The van der Waals surface area contributed by atoms with Gasteiger partial charge in [0, 0.05) is 18.8 Å². The lowest BCUT2D eigenvalue weighted by Gasteiger charge is -2.13. The fourth-order valence-electron chi connectivity index (χ4n) is 2.67. The van der Waals surface area contributed by atoms with E-state index in [2.05, 4.69) is 10.3 Å². The fraction of sp³-hybridized carbons (Fsp3) is 0.211. The summed E-state index contributed by atoms with van der Waals surface area (Å²) in [6.07, 6.45) is 0.279. The van der Waals surface area contributed by atoms with Gasteiger partial charge in [-0.15, -0.1) is 11.3 Å². The lowest BCUT2D eigenvalue weighted by molar-refractivity contribution is -0.104. The molecule has 0 saturated heterocycles. The highest BCUT2D eigenvalue weighted by Crippen LogP contribution is 2.39. The van der Waals surface area contributed by atoms with Crippen molar-refractivity contribution in [2.75, 3.05) is 32.5 Å². The van der Waals surface area contributed by atoms with Gasteiger partial charge in [-0.05, 0) is 38.4 Å². The Morgan fingerprint density at radius 2 is 2.11 bits per heavy atom. The van der Waals surface area contributed by atoms with Crippen LogP contribution in [0.1, 0.15) is 10.4 Å². The third-order valence-electron chi connectivity index (χ3n) is 3.96. The monoisotopic (exact) mass is 405 g/mol. The molecule has 8 heteroatoms. The van der Waals surface area contributed by atoms with E-state index < -0.39 is 11.6 Å². The first-order valence-electron chi connectivity index (χ1n) is 8.18. The van der Waals surface area contributed by atoms with Gasteiger partial charge in [0.25, 0.3) is 0 Å². The average molecular weight is 406 g/mol. The number of likely N-dealkylation sites (N-methyl/N-ethyl adjacent to an activating group) is 1. The van der Waals surface area contributed by atoms with Crippen molar-refractivity contribution in [3.8, 4) is 10.6 Å². The molecule has 0 aliphatic rings. The van der Waals surface area contributed by atoms with Crippen LogP contribution in [0, 0.1) is 5.82 Å². The number of fused-ring (bicyclic) bond motifs is 1. The van der Waals surface area contributed by atoms with Crippen molar-refractivity contribution in [2.24, 2.45) is 0 Å². The van der Waals surface area contributed by atoms with Crippen LogP contribution in [0.2, 0.25) is 5.02 Å². The fourth-order valence-corrected chi connectivity index (χ4v) is 4.15. The van der Waals surface area contributed by atoms with Crippen molar-refractivity contribution in [1.29, 1.82) is 0 Å². The van der Waals surface area contributed by atoms with E-state index >= 15 is 0 Å². The van der Waals surface area contributed by atoms with Gasteiger partial charge >= 0.3 is 0 Å². The molecule has 0 aliphatic heterocycles. The SMILES string of the molecule is CN(C)CCNc1ccc2nc(-c3c(F)cccc3Cl)sc2c1C(=O)C=O. The summed E-state index contributed by atoms with van der Waals surface area (Å²) in [4.78, 5) is 29.9. The number of carbonyl (C=O) groups is 2. The van der Waals surface area contributed by atoms with Gasteiger partial charge in [-0.3, -0.25) is 9.59 Å². The molecule has 27 heavy (non-hydrogen) atoms. The number of rotatable bonds is 7. The first-order chi connectivity index (χ1) is 12.9. The molecule has 0 amide bonds. The molecule has 1 aromatic heterocycles. The molecular formula is C19H17ClFN3O2S. The lowest BCUT2D eigenvalue weighted by atomic mass is 10.1. The molecule has 0 radical (unpaired) electrons. The number of nitrogens with zero attached hydrogens (tertiary/aromatic N) is 2. The summed E-state index contributed by atoms with van der Waals surface area (Å²) in [5, 5.41) is 3.78. The van der Waals surface area contributed by atoms with Crippen LogP contribution in [0.25, 0.3) is 20.8 Å². The first-order valence-corrected chi connectivity index (χ1v) is 9.38. The number of anilines is 1. The normalized spacial score (nSPS) is 11.1. The van der Waals surface area contributed by atoms with Gasteiger partial charge in [-0.25, -0.2) is 9.37 Å². The number of thiazole rings is 1. The maximum absolute atomic E-state index is 14.3. The molecule has 140 valence electrons. The summed E-state index contributed by atoms with van der Waals surface area (Å²) in [7, 11) is 3.88. The highest BCUT2D eigenvalue weighted by atomic mass is 35.5. The molecule has 0 fully saturated rings. The minimum Gasteiger partial charge on any atom is -0.383 e. The number of aromatic nitrogens is 1. The maximum atomic E-state index is 14.3. The Bertz CT molecular complexity index is 999. The van der Waals surface area contributed by atoms with Gasteiger partial charge in [-0.2, -0.15) is 0 Å². The van der Waals surface area contributed by atoms with Gasteiger partial charge in [0.15, 0.2) is 6.29 Å². The number of hydrogen-bond donors (Lipinski definition) is 1. The molecule has 5 nitrogen and oxygen atoms in total. The van der Waals surface area contributed by atoms with Gasteiger partial charge in [0.1, 0.15) is 10.8 Å². The number of carbonyl (C=O) groups excluding carboxylic acids is 2. The molecule has 0 aliphatic carbocycles. The van der Waals surface area contributed by atoms with E-state index in [4.69, 9.17) is 11.6 Å². The highest BCUT2D eigenvalue weighted by molar-refractivity contribution is 7.22. The van der Waals surface area contributed by atoms with E-state index in [1.54, 1.807) is 18.2 Å². The van der Waals surface area contributed by atoms with Crippen LogP contribution in [-0.2, 0) is 4.79 Å². The van der Waals surface area contributed by atoms with Gasteiger partial charge < -0.3 is 10.2 Å². The largest absolute Gasteiger partial charge is 0.383 e. The maximum Gasteiger partial charge on any atom is 0.228 e. The first kappa shape index (κ1) is 19.4. The standard InChI is InChI=1S/C19H17ClFN3O2S/c1-24(2)9-8-22-13-6-7-14-18(17(13)15(26)10-25)27-19(23-14)16-11(20)4-3-5-12(16)21/h3-7,10,22H,8-9H2,1-2H3. The summed E-state index contributed by atoms with van der Waals surface area (Å²) in [5.74, 6) is -1.14. The third-order valence-corrected chi connectivity index (χ3v) is 5.38. The predicted molar refractivity (Wildman–Crippen MR) is 107 cm³/mol. The minimum atomic E-state index is -0.650. The molecule has 0 spiro atoms. The zero-order valence-electron chi connectivity index (χ0n) is 14.8. The van der Waals surface area contributed by atoms with E-state index in [1.807, 2.05) is 19.0 Å². The minimum absolute atomic E-state index is 0.187. The smallest absolute Gasteiger partial charge is 0.228 e. The topological polar surface area (TPSA) is 62.3 Å². The third kappa shape index (κ3) is 4.00.